The topological polar surface area (TPSA) is 80.8 Å². The standard InChI is InChI=1S/C22H25NO5S/c1-15-11-16(2)21(17(3)12-15)22(25)28-13-20(24)23(18-7-5-4-6-8-18)19-9-10-29(26,27)14-19/h4-8,11-12,19H,9-10,13-14H2,1-3H3/t19-/m0/s1. The highest BCUT2D eigenvalue weighted by molar-refractivity contribution is 7.91. The number of amides is 1. The molecule has 0 spiro atoms. The zero-order valence-corrected chi connectivity index (χ0v) is 17.7. The van der Waals surface area contributed by atoms with Crippen molar-refractivity contribution < 1.29 is 22.7 Å². The highest BCUT2D eigenvalue weighted by Crippen LogP contribution is 2.25. The largest absolute Gasteiger partial charge is 0.452 e. The van der Waals surface area contributed by atoms with Crippen molar-refractivity contribution >= 4 is 27.4 Å². The summed E-state index contributed by atoms with van der Waals surface area (Å²) in [6.45, 7) is 5.17. The third-order valence-electron chi connectivity index (χ3n) is 5.08. The molecule has 1 saturated heterocycles. The van der Waals surface area contributed by atoms with Crippen LogP contribution in [0.4, 0.5) is 5.69 Å². The monoisotopic (exact) mass is 415 g/mol. The van der Waals surface area contributed by atoms with Gasteiger partial charge >= 0.3 is 5.97 Å². The quantitative estimate of drug-likeness (QED) is 0.702. The number of carbonyl (C=O) groups excluding carboxylic acids is 2. The minimum atomic E-state index is -3.17. The molecule has 1 aliphatic heterocycles. The molecule has 0 saturated carbocycles. The molecule has 7 heteroatoms. The van der Waals surface area contributed by atoms with Crippen LogP contribution >= 0.6 is 0 Å². The number of hydrogen-bond donors (Lipinski definition) is 0. The highest BCUT2D eigenvalue weighted by atomic mass is 32.2. The van der Waals surface area contributed by atoms with Crippen LogP contribution in [0.15, 0.2) is 42.5 Å². The van der Waals surface area contributed by atoms with E-state index in [0.717, 1.165) is 16.7 Å². The fraction of sp³-hybridized carbons (Fsp3) is 0.364. The first-order valence-electron chi connectivity index (χ1n) is 9.50. The molecule has 0 aromatic heterocycles. The molecule has 0 unspecified atom stereocenters. The van der Waals surface area contributed by atoms with Gasteiger partial charge in [0.15, 0.2) is 16.4 Å². The summed E-state index contributed by atoms with van der Waals surface area (Å²) in [5, 5.41) is 0. The average Bonchev–Trinajstić information content (AvgIpc) is 2.99. The molecule has 1 aliphatic rings. The first-order valence-corrected chi connectivity index (χ1v) is 11.3. The second-order valence-electron chi connectivity index (χ2n) is 7.51. The zero-order chi connectivity index (χ0) is 21.2. The summed E-state index contributed by atoms with van der Waals surface area (Å²) < 4.78 is 29.2. The minimum Gasteiger partial charge on any atom is -0.452 e. The molecule has 154 valence electrons. The minimum absolute atomic E-state index is 0.0514. The molecule has 0 aliphatic carbocycles. The van der Waals surface area contributed by atoms with Gasteiger partial charge in [-0.2, -0.15) is 0 Å². The number of rotatable bonds is 5. The molecule has 3 rings (SSSR count). The molecule has 0 bridgehead atoms. The third kappa shape index (κ3) is 4.85. The van der Waals surface area contributed by atoms with Gasteiger partial charge in [0.1, 0.15) is 0 Å². The Morgan fingerprint density at radius 3 is 2.24 bits per heavy atom. The van der Waals surface area contributed by atoms with Crippen LogP contribution in [0.2, 0.25) is 0 Å². The van der Waals surface area contributed by atoms with E-state index in [1.165, 1.54) is 4.90 Å². The Morgan fingerprint density at radius 1 is 1.07 bits per heavy atom. The first kappa shape index (κ1) is 21.0. The van der Waals surface area contributed by atoms with Gasteiger partial charge in [0.2, 0.25) is 0 Å². The van der Waals surface area contributed by atoms with Crippen molar-refractivity contribution in [3.8, 4) is 0 Å². The van der Waals surface area contributed by atoms with Gasteiger partial charge in [-0.3, -0.25) is 4.79 Å². The number of nitrogens with zero attached hydrogens (tertiary/aromatic N) is 1. The van der Waals surface area contributed by atoms with Crippen molar-refractivity contribution in [3.63, 3.8) is 0 Å². The Balaban J connectivity index is 1.78. The summed E-state index contributed by atoms with van der Waals surface area (Å²) in [5.74, 6) is -1.03. The molecular weight excluding hydrogens is 390 g/mol. The lowest BCUT2D eigenvalue weighted by atomic mass is 10.00. The highest BCUT2D eigenvalue weighted by Gasteiger charge is 2.35. The maximum absolute atomic E-state index is 13.0. The van der Waals surface area contributed by atoms with Gasteiger partial charge in [-0.05, 0) is 50.5 Å². The van der Waals surface area contributed by atoms with E-state index in [1.54, 1.807) is 24.3 Å². The van der Waals surface area contributed by atoms with Crippen LogP contribution in [0.1, 0.15) is 33.5 Å². The van der Waals surface area contributed by atoms with Crippen LogP contribution < -0.4 is 4.90 Å². The average molecular weight is 416 g/mol. The van der Waals surface area contributed by atoms with Crippen LogP contribution in [0.25, 0.3) is 0 Å². The summed E-state index contributed by atoms with van der Waals surface area (Å²) in [7, 11) is -3.17. The summed E-state index contributed by atoms with van der Waals surface area (Å²) in [6, 6.07) is 12.2. The van der Waals surface area contributed by atoms with Crippen LogP contribution in [-0.4, -0.2) is 44.4 Å². The lowest BCUT2D eigenvalue weighted by Crippen LogP contribution is -2.43. The maximum Gasteiger partial charge on any atom is 0.339 e. The molecule has 1 heterocycles. The van der Waals surface area contributed by atoms with Crippen LogP contribution in [0.3, 0.4) is 0 Å². The molecule has 2 aromatic rings. The molecule has 0 N–H and O–H groups in total. The van der Waals surface area contributed by atoms with Gasteiger partial charge < -0.3 is 9.64 Å². The lowest BCUT2D eigenvalue weighted by molar-refractivity contribution is -0.122. The van der Waals surface area contributed by atoms with Crippen molar-refractivity contribution in [2.45, 2.75) is 33.2 Å². The van der Waals surface area contributed by atoms with Crippen LogP contribution in [-0.2, 0) is 19.4 Å². The van der Waals surface area contributed by atoms with E-state index < -0.39 is 34.4 Å². The van der Waals surface area contributed by atoms with E-state index in [4.69, 9.17) is 4.74 Å². The molecule has 0 radical (unpaired) electrons. The maximum atomic E-state index is 13.0. The van der Waals surface area contributed by atoms with Crippen molar-refractivity contribution in [3.05, 3.63) is 64.7 Å². The summed E-state index contributed by atoms with van der Waals surface area (Å²) in [6.07, 6.45) is 0.368. The van der Waals surface area contributed by atoms with Crippen LogP contribution in [0.5, 0.6) is 0 Å². The van der Waals surface area contributed by atoms with Gasteiger partial charge in [0, 0.05) is 5.69 Å². The number of sulfone groups is 1. The third-order valence-corrected chi connectivity index (χ3v) is 6.83. The Morgan fingerprint density at radius 2 is 1.69 bits per heavy atom. The van der Waals surface area contributed by atoms with Gasteiger partial charge in [-0.25, -0.2) is 13.2 Å². The molecule has 1 atom stereocenters. The Bertz CT molecular complexity index is 1010. The van der Waals surface area contributed by atoms with Gasteiger partial charge in [0.25, 0.3) is 5.91 Å². The lowest BCUT2D eigenvalue weighted by Gasteiger charge is -2.28. The van der Waals surface area contributed by atoms with Gasteiger partial charge in [0.05, 0.1) is 23.1 Å². The zero-order valence-electron chi connectivity index (χ0n) is 16.8. The van der Waals surface area contributed by atoms with E-state index >= 15 is 0 Å². The fourth-order valence-corrected chi connectivity index (χ4v) is 5.60. The molecular formula is C22H25NO5S. The first-order chi connectivity index (χ1) is 13.7. The van der Waals surface area contributed by atoms with E-state index in [1.807, 2.05) is 39.0 Å². The number of carbonyl (C=O) groups is 2. The smallest absolute Gasteiger partial charge is 0.339 e. The van der Waals surface area contributed by atoms with E-state index in [9.17, 15) is 18.0 Å². The second kappa shape index (κ2) is 8.37. The number of ether oxygens (including phenoxy) is 1. The summed E-state index contributed by atoms with van der Waals surface area (Å²) >= 11 is 0. The number of hydrogen-bond acceptors (Lipinski definition) is 5. The number of benzene rings is 2. The number of esters is 1. The predicted octanol–water partition coefficient (Wildman–Crippen LogP) is 2.99. The number of para-hydroxylation sites is 1. The molecule has 29 heavy (non-hydrogen) atoms. The van der Waals surface area contributed by atoms with Crippen molar-refractivity contribution in [2.75, 3.05) is 23.0 Å². The molecule has 2 aromatic carbocycles. The fourth-order valence-electron chi connectivity index (χ4n) is 3.90. The summed E-state index contributed by atoms with van der Waals surface area (Å²) in [4.78, 5) is 27.0. The summed E-state index contributed by atoms with van der Waals surface area (Å²) in [5.41, 5.74) is 3.69. The van der Waals surface area contributed by atoms with E-state index in [2.05, 4.69) is 0 Å². The normalized spacial score (nSPS) is 17.7. The van der Waals surface area contributed by atoms with Gasteiger partial charge in [-0.15, -0.1) is 0 Å². The van der Waals surface area contributed by atoms with E-state index in [0.29, 0.717) is 17.7 Å². The molecule has 6 nitrogen and oxygen atoms in total. The molecule has 1 amide bonds. The van der Waals surface area contributed by atoms with Crippen molar-refractivity contribution in [1.82, 2.24) is 0 Å². The Labute approximate surface area is 171 Å². The van der Waals surface area contributed by atoms with Crippen molar-refractivity contribution in [2.24, 2.45) is 0 Å². The van der Waals surface area contributed by atoms with Crippen LogP contribution in [0, 0.1) is 20.8 Å². The van der Waals surface area contributed by atoms with Gasteiger partial charge in [-0.1, -0.05) is 35.9 Å². The Kier molecular flexibility index (Phi) is 6.07. The molecule has 1 fully saturated rings. The predicted molar refractivity (Wildman–Crippen MR) is 112 cm³/mol. The SMILES string of the molecule is Cc1cc(C)c(C(=O)OCC(=O)N(c2ccccc2)[C@H]2CCS(=O)(=O)C2)c(C)c1. The van der Waals surface area contributed by atoms with Crippen molar-refractivity contribution in [1.29, 1.82) is 0 Å². The second-order valence-corrected chi connectivity index (χ2v) is 9.73. The Hall–Kier alpha value is -2.67. The number of aryl methyl sites for hydroxylation is 3. The number of anilines is 1. The van der Waals surface area contributed by atoms with E-state index in [-0.39, 0.29) is 11.5 Å².